The molecule has 0 unspecified atom stereocenters. The van der Waals surface area contributed by atoms with Crippen molar-refractivity contribution in [1.82, 2.24) is 10.2 Å². The van der Waals surface area contributed by atoms with Crippen LogP contribution in [0.15, 0.2) is 42.5 Å². The third-order valence-corrected chi connectivity index (χ3v) is 5.59. The maximum absolute atomic E-state index is 11.6. The van der Waals surface area contributed by atoms with E-state index >= 15 is 0 Å². The van der Waals surface area contributed by atoms with Gasteiger partial charge in [-0.2, -0.15) is 0 Å². The largest absolute Gasteiger partial charge is 0.478 e. The molecule has 1 saturated heterocycles. The highest BCUT2D eigenvalue weighted by atomic mass is 16.4. The van der Waals surface area contributed by atoms with Gasteiger partial charge in [-0.3, -0.25) is 10.3 Å². The Morgan fingerprint density at radius 2 is 1.83 bits per heavy atom. The summed E-state index contributed by atoms with van der Waals surface area (Å²) in [5.41, 5.74) is 9.08. The molecule has 2 aromatic carbocycles. The Hall–Kier alpha value is -3.03. The molecule has 0 radical (unpaired) electrons. The minimum Gasteiger partial charge on any atom is -0.478 e. The monoisotopic (exact) mass is 407 g/mol. The fourth-order valence-corrected chi connectivity index (χ4v) is 3.85. The number of benzene rings is 2. The first-order valence-corrected chi connectivity index (χ1v) is 10.2. The quantitative estimate of drug-likeness (QED) is 0.323. The van der Waals surface area contributed by atoms with E-state index < -0.39 is 5.97 Å². The van der Waals surface area contributed by atoms with E-state index in [9.17, 15) is 9.90 Å². The van der Waals surface area contributed by atoms with Gasteiger partial charge in [-0.25, -0.2) is 4.79 Å². The summed E-state index contributed by atoms with van der Waals surface area (Å²) >= 11 is 0. The lowest BCUT2D eigenvalue weighted by Gasteiger charge is -2.31. The van der Waals surface area contributed by atoms with Gasteiger partial charge in [0, 0.05) is 24.9 Å². The van der Waals surface area contributed by atoms with E-state index in [-0.39, 0.29) is 11.4 Å². The van der Waals surface area contributed by atoms with Crippen molar-refractivity contribution in [3.63, 3.8) is 0 Å². The molecule has 1 heterocycles. The van der Waals surface area contributed by atoms with Crippen molar-refractivity contribution < 1.29 is 9.90 Å². The van der Waals surface area contributed by atoms with E-state index in [1.54, 1.807) is 24.3 Å². The van der Waals surface area contributed by atoms with Crippen LogP contribution in [0.3, 0.4) is 0 Å². The van der Waals surface area contributed by atoms with E-state index in [0.29, 0.717) is 18.0 Å². The third-order valence-electron chi connectivity index (χ3n) is 5.59. The van der Waals surface area contributed by atoms with Crippen molar-refractivity contribution in [3.05, 3.63) is 59.2 Å². The number of nitrogens with two attached hydrogens (primary N) is 1. The second-order valence-electron chi connectivity index (χ2n) is 7.79. The average Bonchev–Trinajstić information content (AvgIpc) is 2.75. The highest BCUT2D eigenvalue weighted by Crippen LogP contribution is 2.24. The summed E-state index contributed by atoms with van der Waals surface area (Å²) in [6, 6.07) is 12.7. The van der Waals surface area contributed by atoms with Gasteiger partial charge in [0.1, 0.15) is 5.84 Å². The molecule has 1 fully saturated rings. The van der Waals surface area contributed by atoms with Crippen LogP contribution in [0.4, 0.5) is 0 Å². The summed E-state index contributed by atoms with van der Waals surface area (Å²) in [5, 5.41) is 27.7. The maximum Gasteiger partial charge on any atom is 0.335 e. The molecule has 2 aromatic rings. The maximum atomic E-state index is 11.6. The number of carbonyl (C=O) groups is 1. The van der Waals surface area contributed by atoms with Gasteiger partial charge in [-0.05, 0) is 73.3 Å². The lowest BCUT2D eigenvalue weighted by atomic mass is 9.96. The van der Waals surface area contributed by atoms with E-state index in [2.05, 4.69) is 10.2 Å². The molecule has 6 N–H and O–H groups in total. The van der Waals surface area contributed by atoms with E-state index in [4.69, 9.17) is 16.6 Å². The topological polar surface area (TPSA) is 126 Å². The molecular weight excluding hydrogens is 378 g/mol. The molecule has 7 nitrogen and oxygen atoms in total. The first-order valence-electron chi connectivity index (χ1n) is 10.2. The van der Waals surface area contributed by atoms with E-state index in [1.165, 1.54) is 6.21 Å². The number of hydrogen-bond donors (Lipinski definition) is 5. The molecule has 1 aliphatic rings. The number of aromatic carboxylic acids is 1. The minimum atomic E-state index is -0.947. The summed E-state index contributed by atoms with van der Waals surface area (Å²) in [4.78, 5) is 13.9. The molecule has 0 atom stereocenters. The Morgan fingerprint density at radius 1 is 1.13 bits per heavy atom. The van der Waals surface area contributed by atoms with Gasteiger partial charge in [0.2, 0.25) is 0 Å². The van der Waals surface area contributed by atoms with Crippen molar-refractivity contribution in [2.45, 2.75) is 19.4 Å². The van der Waals surface area contributed by atoms with Gasteiger partial charge < -0.3 is 21.6 Å². The van der Waals surface area contributed by atoms with Crippen LogP contribution in [-0.2, 0) is 6.54 Å². The number of hydrogen-bond acceptors (Lipinski definition) is 5. The standard InChI is InChI=1S/C23H29N5O2/c24-7-10-28-8-5-16(6-9-28)14-27-15-17-11-20(13-21(12-17)23(29)30)18-1-3-19(4-2-18)22(25)26/h1-4,7,11-13,16,24,27H,5-6,8-10,14-15H2,(H3,25,26)(H,29,30). The molecule has 7 heteroatoms. The second-order valence-corrected chi connectivity index (χ2v) is 7.79. The van der Waals surface area contributed by atoms with Gasteiger partial charge in [-0.1, -0.05) is 24.3 Å². The van der Waals surface area contributed by atoms with Crippen LogP contribution in [-0.4, -0.2) is 54.2 Å². The number of carboxylic acids is 1. The Kier molecular flexibility index (Phi) is 7.32. The zero-order valence-electron chi connectivity index (χ0n) is 17.0. The van der Waals surface area contributed by atoms with E-state index in [1.807, 2.05) is 18.2 Å². The molecule has 0 spiro atoms. The first kappa shape index (κ1) is 21.7. The molecule has 0 bridgehead atoms. The van der Waals surface area contributed by atoms with Gasteiger partial charge in [-0.15, -0.1) is 0 Å². The molecule has 158 valence electrons. The van der Waals surface area contributed by atoms with Crippen molar-refractivity contribution in [1.29, 1.82) is 10.8 Å². The van der Waals surface area contributed by atoms with Crippen LogP contribution in [0, 0.1) is 16.7 Å². The number of piperidine rings is 1. The molecular formula is C23H29N5O2. The SMILES string of the molecule is N=CCN1CCC(CNCc2cc(C(=O)O)cc(-c3ccc(C(=N)N)cc3)c2)CC1. The Morgan fingerprint density at radius 3 is 2.43 bits per heavy atom. The second kappa shape index (κ2) is 10.1. The summed E-state index contributed by atoms with van der Waals surface area (Å²) in [6.07, 6.45) is 3.69. The highest BCUT2D eigenvalue weighted by molar-refractivity contribution is 5.95. The van der Waals surface area contributed by atoms with Gasteiger partial charge in [0.05, 0.1) is 5.56 Å². The molecule has 0 saturated carbocycles. The van der Waals surface area contributed by atoms with Gasteiger partial charge in [0.25, 0.3) is 0 Å². The molecule has 0 aromatic heterocycles. The van der Waals surface area contributed by atoms with Crippen LogP contribution in [0.25, 0.3) is 11.1 Å². The molecule has 0 amide bonds. The normalized spacial score (nSPS) is 15.1. The number of nitrogen functional groups attached to an aromatic ring is 1. The smallest absolute Gasteiger partial charge is 0.335 e. The number of nitrogens with one attached hydrogen (secondary N) is 3. The number of likely N-dealkylation sites (tertiary alicyclic amines) is 1. The molecule has 0 aliphatic carbocycles. The molecule has 1 aliphatic heterocycles. The Labute approximate surface area is 176 Å². The lowest BCUT2D eigenvalue weighted by Crippen LogP contribution is -2.37. The highest BCUT2D eigenvalue weighted by Gasteiger charge is 2.18. The summed E-state index contributed by atoms with van der Waals surface area (Å²) < 4.78 is 0. The number of nitrogens with zero attached hydrogens (tertiary/aromatic N) is 1. The summed E-state index contributed by atoms with van der Waals surface area (Å²) in [6.45, 7) is 4.30. The van der Waals surface area contributed by atoms with Crippen LogP contribution >= 0.6 is 0 Å². The van der Waals surface area contributed by atoms with Crippen molar-refractivity contribution in [2.75, 3.05) is 26.2 Å². The zero-order chi connectivity index (χ0) is 21.5. The molecule has 3 rings (SSSR count). The Bertz CT molecular complexity index is 902. The fraction of sp³-hybridized carbons (Fsp3) is 0.348. The molecule has 30 heavy (non-hydrogen) atoms. The number of rotatable bonds is 9. The van der Waals surface area contributed by atoms with Crippen LogP contribution in [0.5, 0.6) is 0 Å². The van der Waals surface area contributed by atoms with Crippen molar-refractivity contribution in [3.8, 4) is 11.1 Å². The summed E-state index contributed by atoms with van der Waals surface area (Å²) in [7, 11) is 0. The predicted octanol–water partition coefficient (Wildman–Crippen LogP) is 2.79. The lowest BCUT2D eigenvalue weighted by molar-refractivity contribution is 0.0696. The average molecular weight is 408 g/mol. The Balaban J connectivity index is 1.65. The van der Waals surface area contributed by atoms with Gasteiger partial charge >= 0.3 is 5.97 Å². The number of amidine groups is 1. The summed E-state index contributed by atoms with van der Waals surface area (Å²) in [5.74, 6) is -0.334. The van der Waals surface area contributed by atoms with Crippen molar-refractivity contribution >= 4 is 18.0 Å². The third kappa shape index (κ3) is 5.75. The van der Waals surface area contributed by atoms with Crippen molar-refractivity contribution in [2.24, 2.45) is 11.7 Å². The fourth-order valence-electron chi connectivity index (χ4n) is 3.85. The zero-order valence-corrected chi connectivity index (χ0v) is 17.0. The predicted molar refractivity (Wildman–Crippen MR) is 120 cm³/mol. The van der Waals surface area contributed by atoms with Crippen LogP contribution < -0.4 is 11.1 Å². The van der Waals surface area contributed by atoms with Crippen LogP contribution in [0.1, 0.15) is 34.3 Å². The number of carboxylic acid groups (broad SMARTS) is 1. The van der Waals surface area contributed by atoms with Crippen LogP contribution in [0.2, 0.25) is 0 Å². The minimum absolute atomic E-state index is 0.00869. The first-order chi connectivity index (χ1) is 14.5. The van der Waals surface area contributed by atoms with Gasteiger partial charge in [0.15, 0.2) is 0 Å². The van der Waals surface area contributed by atoms with E-state index in [0.717, 1.165) is 55.7 Å².